The van der Waals surface area contributed by atoms with Crippen LogP contribution in [0.2, 0.25) is 0 Å². The van der Waals surface area contributed by atoms with Gasteiger partial charge in [-0.05, 0) is 37.5 Å². The maximum Gasteiger partial charge on any atom is 0.270 e. The van der Waals surface area contributed by atoms with Crippen LogP contribution >= 0.6 is 0 Å². The number of rotatable bonds is 3. The van der Waals surface area contributed by atoms with Crippen molar-refractivity contribution in [1.82, 2.24) is 9.88 Å². The summed E-state index contributed by atoms with van der Waals surface area (Å²) in [6.45, 7) is 2.43. The molecular formula is C17H22N2O2. The Kier molecular flexibility index (Phi) is 3.49. The third-order valence-corrected chi connectivity index (χ3v) is 4.42. The Morgan fingerprint density at radius 3 is 2.76 bits per heavy atom. The Balaban J connectivity index is 1.79. The number of benzene rings is 1. The van der Waals surface area contributed by atoms with Gasteiger partial charge in [0.15, 0.2) is 0 Å². The molecule has 4 nitrogen and oxygen atoms in total. The lowest BCUT2D eigenvalue weighted by Gasteiger charge is -2.28. The van der Waals surface area contributed by atoms with Crippen LogP contribution < -0.4 is 0 Å². The lowest BCUT2D eigenvalue weighted by molar-refractivity contribution is 0.0155. The molecule has 21 heavy (non-hydrogen) atoms. The largest absolute Gasteiger partial charge is 0.388 e. The monoisotopic (exact) mass is 286 g/mol. The number of carbonyl (C=O) groups excluding carboxylic acids is 1. The van der Waals surface area contributed by atoms with Gasteiger partial charge < -0.3 is 15.0 Å². The second-order valence-electron chi connectivity index (χ2n) is 6.37. The molecule has 3 rings (SSSR count). The molecular weight excluding hydrogens is 264 g/mol. The summed E-state index contributed by atoms with van der Waals surface area (Å²) in [7, 11) is 1.76. The van der Waals surface area contributed by atoms with E-state index < -0.39 is 5.60 Å². The van der Waals surface area contributed by atoms with E-state index in [1.54, 1.807) is 11.9 Å². The summed E-state index contributed by atoms with van der Waals surface area (Å²) in [6, 6.07) is 7.97. The van der Waals surface area contributed by atoms with Crippen molar-refractivity contribution in [3.63, 3.8) is 0 Å². The molecule has 1 aromatic carbocycles. The van der Waals surface area contributed by atoms with Crippen LogP contribution in [0.4, 0.5) is 0 Å². The minimum atomic E-state index is -0.701. The molecule has 0 bridgehead atoms. The summed E-state index contributed by atoms with van der Waals surface area (Å²) in [5.41, 5.74) is 2.02. The molecule has 0 atom stereocenters. The van der Waals surface area contributed by atoms with Gasteiger partial charge in [-0.1, -0.05) is 25.0 Å². The molecule has 1 aromatic heterocycles. The molecule has 0 radical (unpaired) electrons. The van der Waals surface area contributed by atoms with Crippen LogP contribution in [0.5, 0.6) is 0 Å². The molecule has 1 fully saturated rings. The summed E-state index contributed by atoms with van der Waals surface area (Å²) in [5, 5.41) is 11.5. The lowest BCUT2D eigenvalue weighted by Crippen LogP contribution is -2.42. The Bertz CT molecular complexity index is 668. The van der Waals surface area contributed by atoms with Crippen molar-refractivity contribution in [2.75, 3.05) is 13.6 Å². The zero-order chi connectivity index (χ0) is 15.0. The van der Waals surface area contributed by atoms with Crippen molar-refractivity contribution in [2.24, 2.45) is 0 Å². The number of hydrogen-bond donors (Lipinski definition) is 2. The van der Waals surface area contributed by atoms with Crippen molar-refractivity contribution >= 4 is 16.8 Å². The minimum Gasteiger partial charge on any atom is -0.388 e. The summed E-state index contributed by atoms with van der Waals surface area (Å²) < 4.78 is 0. The van der Waals surface area contributed by atoms with E-state index in [1.807, 2.05) is 31.2 Å². The number of aromatic nitrogens is 1. The fourth-order valence-corrected chi connectivity index (χ4v) is 3.27. The number of H-pyrrole nitrogens is 1. The van der Waals surface area contributed by atoms with Gasteiger partial charge in [0.25, 0.3) is 5.91 Å². The summed E-state index contributed by atoms with van der Waals surface area (Å²) in [6.07, 6.45) is 3.67. The summed E-state index contributed by atoms with van der Waals surface area (Å²) in [4.78, 5) is 17.3. The van der Waals surface area contributed by atoms with Gasteiger partial charge >= 0.3 is 0 Å². The van der Waals surface area contributed by atoms with E-state index in [4.69, 9.17) is 0 Å². The first-order valence-electron chi connectivity index (χ1n) is 7.54. The van der Waals surface area contributed by atoms with E-state index in [-0.39, 0.29) is 5.91 Å². The number of nitrogens with one attached hydrogen (secondary N) is 1. The van der Waals surface area contributed by atoms with Crippen LogP contribution in [-0.4, -0.2) is 40.1 Å². The first-order valence-corrected chi connectivity index (χ1v) is 7.54. The van der Waals surface area contributed by atoms with Gasteiger partial charge in [-0.25, -0.2) is 0 Å². The second-order valence-corrected chi connectivity index (χ2v) is 6.37. The first kappa shape index (κ1) is 14.1. The normalized spacial score (nSPS) is 17.3. The fourth-order valence-electron chi connectivity index (χ4n) is 3.27. The van der Waals surface area contributed by atoms with E-state index >= 15 is 0 Å². The standard InChI is InChI=1S/C17H22N2O2/c1-12-5-6-13-10-15(18-14(13)9-12)16(20)19(2)11-17(21)7-3-4-8-17/h5-6,9-10,18,21H,3-4,7-8,11H2,1-2H3. The molecule has 1 heterocycles. The Hall–Kier alpha value is -1.81. The van der Waals surface area contributed by atoms with E-state index in [0.29, 0.717) is 12.2 Å². The zero-order valence-electron chi connectivity index (χ0n) is 12.6. The van der Waals surface area contributed by atoms with E-state index in [1.165, 1.54) is 0 Å². The van der Waals surface area contributed by atoms with Gasteiger partial charge in [0.1, 0.15) is 5.69 Å². The van der Waals surface area contributed by atoms with E-state index in [0.717, 1.165) is 42.1 Å². The van der Waals surface area contributed by atoms with Crippen LogP contribution in [0.25, 0.3) is 10.9 Å². The van der Waals surface area contributed by atoms with Crippen LogP contribution in [0.3, 0.4) is 0 Å². The summed E-state index contributed by atoms with van der Waals surface area (Å²) >= 11 is 0. The number of aliphatic hydroxyl groups is 1. The van der Waals surface area contributed by atoms with E-state index in [9.17, 15) is 9.90 Å². The lowest BCUT2D eigenvalue weighted by atomic mass is 10.0. The number of aryl methyl sites for hydroxylation is 1. The maximum absolute atomic E-state index is 12.5. The molecule has 1 saturated carbocycles. The molecule has 0 unspecified atom stereocenters. The Morgan fingerprint density at radius 2 is 2.05 bits per heavy atom. The Labute approximate surface area is 124 Å². The second kappa shape index (κ2) is 5.19. The molecule has 1 aliphatic carbocycles. The van der Waals surface area contributed by atoms with Gasteiger partial charge in [0, 0.05) is 24.5 Å². The maximum atomic E-state index is 12.5. The molecule has 1 aliphatic rings. The molecule has 112 valence electrons. The van der Waals surface area contributed by atoms with Crippen molar-refractivity contribution in [1.29, 1.82) is 0 Å². The molecule has 1 amide bonds. The number of fused-ring (bicyclic) bond motifs is 1. The van der Waals surface area contributed by atoms with Crippen molar-refractivity contribution < 1.29 is 9.90 Å². The van der Waals surface area contributed by atoms with Crippen molar-refractivity contribution in [3.8, 4) is 0 Å². The van der Waals surface area contributed by atoms with E-state index in [2.05, 4.69) is 4.98 Å². The molecule has 0 aliphatic heterocycles. The fraction of sp³-hybridized carbons (Fsp3) is 0.471. The number of hydrogen-bond acceptors (Lipinski definition) is 2. The topological polar surface area (TPSA) is 56.3 Å². The van der Waals surface area contributed by atoms with Gasteiger partial charge in [-0.2, -0.15) is 0 Å². The highest BCUT2D eigenvalue weighted by Crippen LogP contribution is 2.30. The first-order chi connectivity index (χ1) is 9.97. The molecule has 4 heteroatoms. The van der Waals surface area contributed by atoms with Crippen LogP contribution in [0, 0.1) is 6.92 Å². The number of likely N-dealkylation sites (N-methyl/N-ethyl adjacent to an activating group) is 1. The molecule has 2 N–H and O–H groups in total. The third-order valence-electron chi connectivity index (χ3n) is 4.42. The summed E-state index contributed by atoms with van der Waals surface area (Å²) in [5.74, 6) is -0.0656. The van der Waals surface area contributed by atoms with Crippen molar-refractivity contribution in [3.05, 3.63) is 35.5 Å². The van der Waals surface area contributed by atoms with Crippen LogP contribution in [-0.2, 0) is 0 Å². The average Bonchev–Trinajstić information content (AvgIpc) is 3.03. The smallest absolute Gasteiger partial charge is 0.270 e. The number of amides is 1. The highest BCUT2D eigenvalue weighted by atomic mass is 16.3. The quantitative estimate of drug-likeness (QED) is 0.911. The zero-order valence-corrected chi connectivity index (χ0v) is 12.6. The highest BCUT2D eigenvalue weighted by molar-refractivity contribution is 5.98. The SMILES string of the molecule is Cc1ccc2cc(C(=O)N(C)CC3(O)CCCC3)[nH]c2c1. The minimum absolute atomic E-state index is 0.0656. The van der Waals surface area contributed by atoms with Gasteiger partial charge in [0.2, 0.25) is 0 Å². The number of nitrogens with zero attached hydrogens (tertiary/aromatic N) is 1. The van der Waals surface area contributed by atoms with Gasteiger partial charge in [0.05, 0.1) is 5.60 Å². The Morgan fingerprint density at radius 1 is 1.33 bits per heavy atom. The molecule has 0 saturated heterocycles. The van der Waals surface area contributed by atoms with Gasteiger partial charge in [-0.3, -0.25) is 4.79 Å². The van der Waals surface area contributed by atoms with Crippen LogP contribution in [0.15, 0.2) is 24.3 Å². The third kappa shape index (κ3) is 2.81. The molecule has 0 spiro atoms. The molecule has 2 aromatic rings. The average molecular weight is 286 g/mol. The van der Waals surface area contributed by atoms with Crippen LogP contribution in [0.1, 0.15) is 41.7 Å². The number of aromatic amines is 1. The number of carbonyl (C=O) groups is 1. The van der Waals surface area contributed by atoms with Gasteiger partial charge in [-0.15, -0.1) is 0 Å². The highest BCUT2D eigenvalue weighted by Gasteiger charge is 2.33. The van der Waals surface area contributed by atoms with Crippen molar-refractivity contribution in [2.45, 2.75) is 38.2 Å². The predicted molar refractivity (Wildman–Crippen MR) is 83.4 cm³/mol. The predicted octanol–water partition coefficient (Wildman–Crippen LogP) is 2.85.